The molecule has 0 aliphatic rings. The highest BCUT2D eigenvalue weighted by molar-refractivity contribution is 6.17. The molecule has 0 saturated heterocycles. The Morgan fingerprint density at radius 2 is 1.88 bits per heavy atom. The van der Waals surface area contributed by atoms with Gasteiger partial charge in [-0.2, -0.15) is 5.48 Å². The summed E-state index contributed by atoms with van der Waals surface area (Å²) in [6, 6.07) is 0. The summed E-state index contributed by atoms with van der Waals surface area (Å²) in [6.07, 6.45) is 1.20. The fourth-order valence-electron chi connectivity index (χ4n) is 0.742. The number of amides is 2. The number of carbonyl (C=O) groups is 3. The van der Waals surface area contributed by atoms with Gasteiger partial charge in [0.1, 0.15) is 0 Å². The van der Waals surface area contributed by atoms with E-state index in [-0.39, 0.29) is 5.57 Å². The number of primary amides is 1. The van der Waals surface area contributed by atoms with Crippen molar-refractivity contribution in [2.75, 3.05) is 0 Å². The summed E-state index contributed by atoms with van der Waals surface area (Å²) in [7, 11) is 0. The maximum Gasteiger partial charge on any atom is 0.358 e. The summed E-state index contributed by atoms with van der Waals surface area (Å²) in [5, 5.41) is 0. The Balaban J connectivity index is 4.11. The van der Waals surface area contributed by atoms with Crippen LogP contribution in [0.3, 0.4) is 0 Å². The van der Waals surface area contributed by atoms with E-state index in [9.17, 15) is 14.4 Å². The number of carbonyl (C=O) groups excluding carboxylic acids is 3. The molecule has 0 rings (SSSR count). The Morgan fingerprint density at radius 3 is 2.31 bits per heavy atom. The highest BCUT2D eigenvalue weighted by Crippen LogP contribution is 2.02. The van der Waals surface area contributed by atoms with Crippen molar-refractivity contribution >= 4 is 17.8 Å². The van der Waals surface area contributed by atoms with Crippen molar-refractivity contribution in [3.63, 3.8) is 0 Å². The van der Waals surface area contributed by atoms with Crippen LogP contribution in [-0.4, -0.2) is 17.8 Å². The maximum atomic E-state index is 11.1. The van der Waals surface area contributed by atoms with Gasteiger partial charge in [0.05, 0.1) is 5.57 Å². The largest absolute Gasteiger partial charge is 0.365 e. The van der Waals surface area contributed by atoms with E-state index in [2.05, 4.69) is 18.0 Å². The van der Waals surface area contributed by atoms with Gasteiger partial charge in [-0.1, -0.05) is 26.5 Å². The van der Waals surface area contributed by atoms with Gasteiger partial charge in [-0.15, -0.1) is 0 Å². The van der Waals surface area contributed by atoms with Gasteiger partial charge in [-0.05, 0) is 6.42 Å². The van der Waals surface area contributed by atoms with Crippen LogP contribution in [0.15, 0.2) is 24.3 Å². The molecule has 0 saturated carbocycles. The van der Waals surface area contributed by atoms with Gasteiger partial charge in [-0.3, -0.25) is 9.59 Å². The van der Waals surface area contributed by atoms with E-state index in [4.69, 9.17) is 5.73 Å². The molecule has 16 heavy (non-hydrogen) atoms. The molecule has 88 valence electrons. The third-order valence-corrected chi connectivity index (χ3v) is 1.65. The van der Waals surface area contributed by atoms with Crippen LogP contribution in [0.5, 0.6) is 0 Å². The lowest BCUT2D eigenvalue weighted by atomic mass is 10.2. The summed E-state index contributed by atoms with van der Waals surface area (Å²) >= 11 is 0. The number of hydrogen-bond acceptors (Lipinski definition) is 4. The molecular formula is C10H14N2O4. The molecule has 6 heteroatoms. The second kappa shape index (κ2) is 6.39. The van der Waals surface area contributed by atoms with Gasteiger partial charge in [0.2, 0.25) is 0 Å². The Kier molecular flexibility index (Phi) is 5.55. The summed E-state index contributed by atoms with van der Waals surface area (Å²) in [6.45, 7) is 8.44. The molecule has 0 spiro atoms. The first-order chi connectivity index (χ1) is 7.40. The molecule has 6 nitrogen and oxygen atoms in total. The first-order valence-corrected chi connectivity index (χ1v) is 4.58. The molecule has 0 heterocycles. The van der Waals surface area contributed by atoms with Gasteiger partial charge in [0.25, 0.3) is 11.8 Å². The average molecular weight is 226 g/mol. The van der Waals surface area contributed by atoms with E-state index in [1.54, 1.807) is 5.48 Å². The Labute approximate surface area is 93.1 Å². The van der Waals surface area contributed by atoms with Crippen LogP contribution in [0.2, 0.25) is 0 Å². The van der Waals surface area contributed by atoms with Crippen LogP contribution in [0, 0.1) is 0 Å². The maximum absolute atomic E-state index is 11.1. The number of hydroxylamine groups is 1. The molecule has 2 amide bonds. The van der Waals surface area contributed by atoms with E-state index in [1.165, 1.54) is 0 Å². The molecule has 0 bridgehead atoms. The second-order valence-corrected chi connectivity index (χ2v) is 3.02. The van der Waals surface area contributed by atoms with Crippen molar-refractivity contribution in [1.29, 1.82) is 0 Å². The molecule has 0 aliphatic carbocycles. The van der Waals surface area contributed by atoms with Crippen molar-refractivity contribution in [3.05, 3.63) is 24.3 Å². The van der Waals surface area contributed by atoms with Crippen LogP contribution < -0.4 is 11.2 Å². The lowest BCUT2D eigenvalue weighted by Crippen LogP contribution is -2.33. The Morgan fingerprint density at radius 1 is 1.31 bits per heavy atom. The van der Waals surface area contributed by atoms with E-state index in [1.807, 2.05) is 6.92 Å². The number of nitrogens with one attached hydrogen (secondary N) is 1. The Hall–Kier alpha value is -2.11. The molecule has 3 N–H and O–H groups in total. The highest BCUT2D eigenvalue weighted by atomic mass is 16.7. The van der Waals surface area contributed by atoms with Crippen molar-refractivity contribution in [3.8, 4) is 0 Å². The molecular weight excluding hydrogens is 212 g/mol. The normalized spacial score (nSPS) is 9.06. The summed E-state index contributed by atoms with van der Waals surface area (Å²) in [4.78, 5) is 37.1. The van der Waals surface area contributed by atoms with E-state index < -0.39 is 23.4 Å². The fourth-order valence-corrected chi connectivity index (χ4v) is 0.742. The second-order valence-electron chi connectivity index (χ2n) is 3.02. The van der Waals surface area contributed by atoms with Crippen molar-refractivity contribution in [1.82, 2.24) is 5.48 Å². The van der Waals surface area contributed by atoms with Gasteiger partial charge >= 0.3 is 5.97 Å². The van der Waals surface area contributed by atoms with Crippen molar-refractivity contribution in [2.24, 2.45) is 5.73 Å². The summed E-state index contributed by atoms with van der Waals surface area (Å²) in [5.41, 5.74) is 6.28. The smallest absolute Gasteiger partial charge is 0.358 e. The van der Waals surface area contributed by atoms with Gasteiger partial charge < -0.3 is 10.6 Å². The minimum absolute atomic E-state index is 0.229. The monoisotopic (exact) mass is 226 g/mol. The molecule has 0 unspecified atom stereocenters. The standard InChI is InChI=1S/C10H14N2O4/c1-4-5-6(2)10(15)16-12-9(14)7(3)8(11)13/h2-5H2,1H3,(H2,11,13)(H,12,14). The zero-order chi connectivity index (χ0) is 12.7. The predicted molar refractivity (Wildman–Crippen MR) is 56.6 cm³/mol. The van der Waals surface area contributed by atoms with Crippen LogP contribution in [0.4, 0.5) is 0 Å². The van der Waals surface area contributed by atoms with E-state index in [0.717, 1.165) is 6.42 Å². The van der Waals surface area contributed by atoms with Gasteiger partial charge in [0, 0.05) is 5.57 Å². The number of hydrogen-bond donors (Lipinski definition) is 2. The first-order valence-electron chi connectivity index (χ1n) is 4.58. The minimum atomic E-state index is -0.985. The molecule has 0 aromatic rings. The molecule has 0 radical (unpaired) electrons. The third kappa shape index (κ3) is 4.41. The molecule has 0 atom stereocenters. The highest BCUT2D eigenvalue weighted by Gasteiger charge is 2.15. The minimum Gasteiger partial charge on any atom is -0.365 e. The van der Waals surface area contributed by atoms with Gasteiger partial charge in [-0.25, -0.2) is 4.79 Å². The van der Waals surface area contributed by atoms with Crippen LogP contribution in [-0.2, 0) is 19.2 Å². The van der Waals surface area contributed by atoms with E-state index >= 15 is 0 Å². The quantitative estimate of drug-likeness (QED) is 0.297. The van der Waals surface area contributed by atoms with Crippen LogP contribution in [0.1, 0.15) is 19.8 Å². The lowest BCUT2D eigenvalue weighted by molar-refractivity contribution is -0.153. The molecule has 0 aromatic heterocycles. The Bertz CT molecular complexity index is 347. The first kappa shape index (κ1) is 13.9. The van der Waals surface area contributed by atoms with Crippen molar-refractivity contribution in [2.45, 2.75) is 19.8 Å². The third-order valence-electron chi connectivity index (χ3n) is 1.65. The zero-order valence-electron chi connectivity index (χ0n) is 9.04. The van der Waals surface area contributed by atoms with Crippen molar-refractivity contribution < 1.29 is 19.2 Å². The SMILES string of the molecule is C=C(CCC)C(=O)ONC(=O)C(=C)C(N)=O. The summed E-state index contributed by atoms with van der Waals surface area (Å²) < 4.78 is 0. The zero-order valence-corrected chi connectivity index (χ0v) is 9.04. The predicted octanol–water partition coefficient (Wildman–Crippen LogP) is -0.0414. The summed E-state index contributed by atoms with van der Waals surface area (Å²) in [5.74, 6) is -2.70. The van der Waals surface area contributed by atoms with E-state index in [0.29, 0.717) is 6.42 Å². The lowest BCUT2D eigenvalue weighted by Gasteiger charge is -2.06. The number of rotatable bonds is 5. The molecule has 0 aromatic carbocycles. The topological polar surface area (TPSA) is 98.5 Å². The van der Waals surface area contributed by atoms with Gasteiger partial charge in [0.15, 0.2) is 0 Å². The fraction of sp³-hybridized carbons (Fsp3) is 0.300. The average Bonchev–Trinajstić information content (AvgIpc) is 2.24. The molecule has 0 fully saturated rings. The molecule has 0 aliphatic heterocycles. The van der Waals surface area contributed by atoms with Crippen LogP contribution >= 0.6 is 0 Å². The number of nitrogens with two attached hydrogens (primary N) is 1. The van der Waals surface area contributed by atoms with Crippen LogP contribution in [0.25, 0.3) is 0 Å².